The third-order valence-electron chi connectivity index (χ3n) is 3.98. The predicted molar refractivity (Wildman–Crippen MR) is 95.7 cm³/mol. The maximum absolute atomic E-state index is 14.2. The molecule has 0 atom stereocenters. The lowest BCUT2D eigenvalue weighted by Crippen LogP contribution is -2.13. The third kappa shape index (κ3) is 3.34. The fourth-order valence-corrected chi connectivity index (χ4v) is 3.26. The van der Waals surface area contributed by atoms with E-state index in [1.807, 2.05) is 28.7 Å². The van der Waals surface area contributed by atoms with Crippen LogP contribution in [-0.4, -0.2) is 25.4 Å². The first-order valence-corrected chi connectivity index (χ1v) is 8.47. The summed E-state index contributed by atoms with van der Waals surface area (Å²) in [4.78, 5) is 24.2. The molecule has 0 fully saturated rings. The minimum Gasteiger partial charge on any atom is -0.377 e. The molecule has 0 aliphatic carbocycles. The molecule has 0 spiro atoms. The highest BCUT2D eigenvalue weighted by molar-refractivity contribution is 14.1. The average molecular weight is 439 g/mol. The molecule has 6 heteroatoms. The first-order chi connectivity index (χ1) is 11.5. The van der Waals surface area contributed by atoms with Crippen LogP contribution in [0.1, 0.15) is 37.4 Å². The van der Waals surface area contributed by atoms with Crippen LogP contribution in [-0.2, 0) is 17.7 Å². The number of hydrogen-bond acceptors (Lipinski definition) is 3. The first-order valence-electron chi connectivity index (χ1n) is 7.39. The van der Waals surface area contributed by atoms with Crippen LogP contribution in [0.3, 0.4) is 0 Å². The molecule has 124 valence electrons. The SMILES string of the molecule is COCC(=O)c1cc2c(cc1Cc1ccc(I)cc1F)C(=O)NC2. The van der Waals surface area contributed by atoms with E-state index in [1.54, 1.807) is 18.2 Å². The summed E-state index contributed by atoms with van der Waals surface area (Å²) in [5.74, 6) is -0.669. The number of hydrogen-bond donors (Lipinski definition) is 1. The van der Waals surface area contributed by atoms with Crippen LogP contribution in [0.2, 0.25) is 0 Å². The van der Waals surface area contributed by atoms with Gasteiger partial charge in [-0.25, -0.2) is 4.39 Å². The van der Waals surface area contributed by atoms with Gasteiger partial charge in [-0.1, -0.05) is 6.07 Å². The van der Waals surface area contributed by atoms with Crippen molar-refractivity contribution in [2.45, 2.75) is 13.0 Å². The van der Waals surface area contributed by atoms with Crippen molar-refractivity contribution in [3.05, 3.63) is 67.5 Å². The Bertz CT molecular complexity index is 835. The lowest BCUT2D eigenvalue weighted by atomic mass is 9.93. The number of rotatable bonds is 5. The Morgan fingerprint density at radius 3 is 2.79 bits per heavy atom. The van der Waals surface area contributed by atoms with Gasteiger partial charge in [0, 0.05) is 34.8 Å². The Labute approximate surface area is 152 Å². The summed E-state index contributed by atoms with van der Waals surface area (Å²) in [7, 11) is 1.45. The number of ether oxygens (including phenoxy) is 1. The van der Waals surface area contributed by atoms with Gasteiger partial charge in [0.2, 0.25) is 0 Å². The number of nitrogens with one attached hydrogen (secondary N) is 1. The van der Waals surface area contributed by atoms with Crippen molar-refractivity contribution in [1.29, 1.82) is 0 Å². The summed E-state index contributed by atoms with van der Waals surface area (Å²) in [6.45, 7) is 0.349. The molecular weight excluding hydrogens is 424 g/mol. The van der Waals surface area contributed by atoms with E-state index in [9.17, 15) is 14.0 Å². The minimum atomic E-state index is -0.322. The summed E-state index contributed by atoms with van der Waals surface area (Å²) in [6, 6.07) is 8.38. The van der Waals surface area contributed by atoms with Crippen LogP contribution < -0.4 is 5.32 Å². The number of carbonyl (C=O) groups excluding carboxylic acids is 2. The molecule has 1 aliphatic rings. The van der Waals surface area contributed by atoms with Gasteiger partial charge in [0.25, 0.3) is 5.91 Å². The van der Waals surface area contributed by atoms with E-state index in [2.05, 4.69) is 5.32 Å². The number of carbonyl (C=O) groups is 2. The zero-order chi connectivity index (χ0) is 17.3. The fourth-order valence-electron chi connectivity index (χ4n) is 2.80. The minimum absolute atomic E-state index is 0.0532. The zero-order valence-electron chi connectivity index (χ0n) is 13.0. The average Bonchev–Trinajstić information content (AvgIpc) is 2.90. The molecule has 3 rings (SSSR count). The van der Waals surface area contributed by atoms with E-state index in [1.165, 1.54) is 13.2 Å². The van der Waals surface area contributed by atoms with Gasteiger partial charge >= 0.3 is 0 Å². The highest BCUT2D eigenvalue weighted by Gasteiger charge is 2.23. The smallest absolute Gasteiger partial charge is 0.251 e. The van der Waals surface area contributed by atoms with E-state index in [0.717, 1.165) is 9.13 Å². The van der Waals surface area contributed by atoms with E-state index in [0.29, 0.717) is 28.8 Å². The Balaban J connectivity index is 2.05. The fraction of sp³-hybridized carbons (Fsp3) is 0.222. The molecule has 1 amide bonds. The van der Waals surface area contributed by atoms with E-state index < -0.39 is 0 Å². The normalized spacial score (nSPS) is 12.9. The van der Waals surface area contributed by atoms with Crippen molar-refractivity contribution < 1.29 is 18.7 Å². The largest absolute Gasteiger partial charge is 0.377 e. The maximum Gasteiger partial charge on any atom is 0.251 e. The highest BCUT2D eigenvalue weighted by atomic mass is 127. The predicted octanol–water partition coefficient (Wildman–Crippen LogP) is 3.09. The molecule has 1 N–H and O–H groups in total. The Morgan fingerprint density at radius 2 is 2.08 bits per heavy atom. The van der Waals surface area contributed by atoms with Gasteiger partial charge in [0.15, 0.2) is 5.78 Å². The molecule has 0 radical (unpaired) electrons. The van der Waals surface area contributed by atoms with Gasteiger partial charge in [-0.2, -0.15) is 0 Å². The van der Waals surface area contributed by atoms with Gasteiger partial charge in [-0.05, 0) is 63.5 Å². The first kappa shape index (κ1) is 17.0. The molecule has 0 unspecified atom stereocenters. The highest BCUT2D eigenvalue weighted by Crippen LogP contribution is 2.25. The topological polar surface area (TPSA) is 55.4 Å². The molecule has 0 saturated carbocycles. The van der Waals surface area contributed by atoms with Crippen molar-refractivity contribution in [2.24, 2.45) is 0 Å². The van der Waals surface area contributed by atoms with Gasteiger partial charge in [-0.3, -0.25) is 9.59 Å². The zero-order valence-corrected chi connectivity index (χ0v) is 15.1. The molecule has 1 heterocycles. The monoisotopic (exact) mass is 439 g/mol. The summed E-state index contributed by atoms with van der Waals surface area (Å²) < 4.78 is 19.9. The molecule has 0 bridgehead atoms. The van der Waals surface area contributed by atoms with Gasteiger partial charge < -0.3 is 10.1 Å². The Hall–Kier alpha value is -1.80. The van der Waals surface area contributed by atoms with Gasteiger partial charge in [0.1, 0.15) is 12.4 Å². The number of amides is 1. The van der Waals surface area contributed by atoms with Crippen molar-refractivity contribution >= 4 is 34.3 Å². The number of methoxy groups -OCH3 is 1. The number of benzene rings is 2. The van der Waals surface area contributed by atoms with E-state index >= 15 is 0 Å². The standard InChI is InChI=1S/C18H15FINO3/c1-24-9-17(22)14-6-12-8-21-18(23)15(12)5-11(14)4-10-2-3-13(20)7-16(10)19/h2-3,5-7H,4,8-9H2,1H3,(H,21,23). The molecule has 1 aliphatic heterocycles. The van der Waals surface area contributed by atoms with Crippen LogP contribution in [0.15, 0.2) is 30.3 Å². The van der Waals surface area contributed by atoms with Crippen LogP contribution in [0.5, 0.6) is 0 Å². The van der Waals surface area contributed by atoms with Crippen molar-refractivity contribution in [1.82, 2.24) is 5.32 Å². The lowest BCUT2D eigenvalue weighted by Gasteiger charge is -2.12. The van der Waals surface area contributed by atoms with Crippen molar-refractivity contribution in [3.63, 3.8) is 0 Å². The number of ketones is 1. The lowest BCUT2D eigenvalue weighted by molar-refractivity contribution is 0.0846. The van der Waals surface area contributed by atoms with Crippen LogP contribution in [0.4, 0.5) is 4.39 Å². The quantitative estimate of drug-likeness (QED) is 0.576. The second kappa shape index (κ2) is 6.98. The number of halogens is 2. The number of fused-ring (bicyclic) bond motifs is 1. The van der Waals surface area contributed by atoms with E-state index in [4.69, 9.17) is 4.74 Å². The molecular formula is C18H15FINO3. The Kier molecular flexibility index (Phi) is 4.96. The van der Waals surface area contributed by atoms with Crippen molar-refractivity contribution in [2.75, 3.05) is 13.7 Å². The van der Waals surface area contributed by atoms with E-state index in [-0.39, 0.29) is 30.5 Å². The number of Topliss-reactive ketones (excluding diaryl/α,β-unsaturated/α-hetero) is 1. The summed E-state index contributed by atoms with van der Waals surface area (Å²) >= 11 is 2.04. The Morgan fingerprint density at radius 1 is 1.29 bits per heavy atom. The molecule has 2 aromatic carbocycles. The summed E-state index contributed by atoms with van der Waals surface area (Å²) in [5, 5.41) is 2.74. The molecule has 0 aromatic heterocycles. The summed E-state index contributed by atoms with van der Waals surface area (Å²) in [5.41, 5.74) is 2.93. The van der Waals surface area contributed by atoms with Gasteiger partial charge in [-0.15, -0.1) is 0 Å². The summed E-state index contributed by atoms with van der Waals surface area (Å²) in [6.07, 6.45) is 0.244. The molecule has 0 saturated heterocycles. The van der Waals surface area contributed by atoms with Crippen LogP contribution in [0, 0.1) is 9.39 Å². The second-order valence-electron chi connectivity index (χ2n) is 5.62. The molecule has 2 aromatic rings. The van der Waals surface area contributed by atoms with Crippen LogP contribution >= 0.6 is 22.6 Å². The third-order valence-corrected chi connectivity index (χ3v) is 4.66. The molecule has 4 nitrogen and oxygen atoms in total. The second-order valence-corrected chi connectivity index (χ2v) is 6.86. The van der Waals surface area contributed by atoms with Crippen molar-refractivity contribution in [3.8, 4) is 0 Å². The molecule has 24 heavy (non-hydrogen) atoms. The van der Waals surface area contributed by atoms with Crippen LogP contribution in [0.25, 0.3) is 0 Å². The maximum atomic E-state index is 14.2. The van der Waals surface area contributed by atoms with Gasteiger partial charge in [0.05, 0.1) is 0 Å².